The maximum Gasteiger partial charge on any atom is 0.394 e. The SMILES string of the molecule is Cc1ccc(Sc2ccccc2N2CCNCC2)c(C)c1.O=S(=O)(O)O. The average molecular weight is 397 g/mol. The number of nitrogens with zero attached hydrogens (tertiary/aromatic N) is 1. The van der Waals surface area contributed by atoms with Gasteiger partial charge in [0.15, 0.2) is 0 Å². The van der Waals surface area contributed by atoms with Crippen molar-refractivity contribution in [1.82, 2.24) is 5.32 Å². The van der Waals surface area contributed by atoms with Gasteiger partial charge in [-0.3, -0.25) is 9.11 Å². The fraction of sp³-hybridized carbons (Fsp3) is 0.333. The molecule has 0 atom stereocenters. The highest BCUT2D eigenvalue weighted by Crippen LogP contribution is 2.37. The molecule has 1 aliphatic rings. The minimum Gasteiger partial charge on any atom is -0.368 e. The number of rotatable bonds is 3. The predicted molar refractivity (Wildman–Crippen MR) is 106 cm³/mol. The van der Waals surface area contributed by atoms with Crippen molar-refractivity contribution in [2.75, 3.05) is 31.1 Å². The van der Waals surface area contributed by atoms with E-state index < -0.39 is 10.4 Å². The van der Waals surface area contributed by atoms with E-state index in [4.69, 9.17) is 17.5 Å². The molecule has 26 heavy (non-hydrogen) atoms. The summed E-state index contributed by atoms with van der Waals surface area (Å²) >= 11 is 1.88. The predicted octanol–water partition coefficient (Wildman–Crippen LogP) is 3.21. The quantitative estimate of drug-likeness (QED) is 0.686. The molecule has 3 rings (SSSR count). The Balaban J connectivity index is 0.000000431. The number of aryl methyl sites for hydroxylation is 2. The van der Waals surface area contributed by atoms with Gasteiger partial charge in [0.25, 0.3) is 0 Å². The highest BCUT2D eigenvalue weighted by atomic mass is 32.3. The first-order valence-electron chi connectivity index (χ1n) is 8.24. The first-order chi connectivity index (χ1) is 12.2. The topological polar surface area (TPSA) is 89.9 Å². The molecule has 1 saturated heterocycles. The molecule has 1 heterocycles. The van der Waals surface area contributed by atoms with Crippen LogP contribution in [0.4, 0.5) is 5.69 Å². The van der Waals surface area contributed by atoms with Crippen LogP contribution in [0.15, 0.2) is 52.3 Å². The highest BCUT2D eigenvalue weighted by Gasteiger charge is 2.14. The van der Waals surface area contributed by atoms with Crippen LogP contribution in [-0.4, -0.2) is 43.7 Å². The summed E-state index contributed by atoms with van der Waals surface area (Å²) in [5, 5.41) is 3.42. The first kappa shape index (κ1) is 20.7. The minimum atomic E-state index is -4.67. The van der Waals surface area contributed by atoms with E-state index in [0.717, 1.165) is 26.2 Å². The van der Waals surface area contributed by atoms with Crippen LogP contribution in [0.2, 0.25) is 0 Å². The number of anilines is 1. The van der Waals surface area contributed by atoms with Crippen LogP contribution >= 0.6 is 11.8 Å². The number of hydrogen-bond acceptors (Lipinski definition) is 5. The van der Waals surface area contributed by atoms with E-state index in [0.29, 0.717) is 0 Å². The molecule has 3 N–H and O–H groups in total. The van der Waals surface area contributed by atoms with E-state index in [2.05, 4.69) is 66.5 Å². The fourth-order valence-electron chi connectivity index (χ4n) is 2.74. The molecule has 0 unspecified atom stereocenters. The summed E-state index contributed by atoms with van der Waals surface area (Å²) in [6, 6.07) is 15.5. The molecular weight excluding hydrogens is 372 g/mol. The van der Waals surface area contributed by atoms with Crippen molar-refractivity contribution in [3.05, 3.63) is 53.6 Å². The second-order valence-electron chi connectivity index (χ2n) is 6.02. The van der Waals surface area contributed by atoms with E-state index in [1.165, 1.54) is 26.6 Å². The van der Waals surface area contributed by atoms with E-state index in [-0.39, 0.29) is 0 Å². The summed E-state index contributed by atoms with van der Waals surface area (Å²) in [5.74, 6) is 0. The molecular formula is C18H24N2O4S2. The van der Waals surface area contributed by atoms with Gasteiger partial charge in [-0.15, -0.1) is 0 Å². The first-order valence-corrected chi connectivity index (χ1v) is 10.4. The van der Waals surface area contributed by atoms with Crippen LogP contribution in [0.25, 0.3) is 0 Å². The van der Waals surface area contributed by atoms with E-state index in [1.54, 1.807) is 0 Å². The Labute approximate surface area is 159 Å². The molecule has 8 heteroatoms. The molecule has 1 aliphatic heterocycles. The largest absolute Gasteiger partial charge is 0.394 e. The number of nitrogens with one attached hydrogen (secondary N) is 1. The third-order valence-electron chi connectivity index (χ3n) is 3.87. The Morgan fingerprint density at radius 1 is 1.00 bits per heavy atom. The summed E-state index contributed by atoms with van der Waals surface area (Å²) in [4.78, 5) is 5.19. The summed E-state index contributed by atoms with van der Waals surface area (Å²) in [5.41, 5.74) is 4.05. The van der Waals surface area contributed by atoms with E-state index in [9.17, 15) is 0 Å². The van der Waals surface area contributed by atoms with E-state index >= 15 is 0 Å². The molecule has 2 aromatic rings. The van der Waals surface area contributed by atoms with Crippen LogP contribution in [-0.2, 0) is 10.4 Å². The molecule has 2 aromatic carbocycles. The number of para-hydroxylation sites is 1. The summed E-state index contributed by atoms with van der Waals surface area (Å²) in [6.45, 7) is 8.67. The third kappa shape index (κ3) is 6.97. The Morgan fingerprint density at radius 2 is 1.62 bits per heavy atom. The van der Waals surface area contributed by atoms with Gasteiger partial charge < -0.3 is 10.2 Å². The van der Waals surface area contributed by atoms with Crippen LogP contribution in [0.5, 0.6) is 0 Å². The lowest BCUT2D eigenvalue weighted by atomic mass is 10.2. The van der Waals surface area contributed by atoms with Gasteiger partial charge in [0.1, 0.15) is 0 Å². The van der Waals surface area contributed by atoms with Gasteiger partial charge in [-0.25, -0.2) is 0 Å². The molecule has 0 aliphatic carbocycles. The average Bonchev–Trinajstić information content (AvgIpc) is 2.57. The van der Waals surface area contributed by atoms with Crippen molar-refractivity contribution in [3.63, 3.8) is 0 Å². The number of hydrogen-bond donors (Lipinski definition) is 3. The van der Waals surface area contributed by atoms with Crippen molar-refractivity contribution in [2.24, 2.45) is 0 Å². The molecule has 0 saturated carbocycles. The third-order valence-corrected chi connectivity index (χ3v) is 5.12. The Hall–Kier alpha value is -1.58. The lowest BCUT2D eigenvalue weighted by Gasteiger charge is -2.31. The maximum atomic E-state index is 8.74. The standard InChI is InChI=1S/C18H22N2S.H2O4S/c1-14-7-8-17(15(2)13-14)21-18-6-4-3-5-16(18)20-11-9-19-10-12-20;1-5(2,3)4/h3-8,13,19H,9-12H2,1-2H3;(H2,1,2,3,4). The molecule has 1 fully saturated rings. The summed E-state index contributed by atoms with van der Waals surface area (Å²) in [6.07, 6.45) is 0. The smallest absolute Gasteiger partial charge is 0.368 e. The van der Waals surface area contributed by atoms with Gasteiger partial charge in [0, 0.05) is 36.0 Å². The molecule has 0 bridgehead atoms. The Kier molecular flexibility index (Phi) is 7.48. The zero-order chi connectivity index (χ0) is 19.2. The monoisotopic (exact) mass is 396 g/mol. The van der Waals surface area contributed by atoms with Gasteiger partial charge in [-0.05, 0) is 37.6 Å². The van der Waals surface area contributed by atoms with Crippen LogP contribution in [0, 0.1) is 13.8 Å². The van der Waals surface area contributed by atoms with Crippen LogP contribution in [0.3, 0.4) is 0 Å². The maximum absolute atomic E-state index is 8.74. The fourth-order valence-corrected chi connectivity index (χ4v) is 3.78. The zero-order valence-electron chi connectivity index (χ0n) is 14.8. The molecule has 6 nitrogen and oxygen atoms in total. The number of benzene rings is 2. The second kappa shape index (κ2) is 9.38. The van der Waals surface area contributed by atoms with Crippen molar-refractivity contribution in [2.45, 2.75) is 23.6 Å². The normalized spacial score (nSPS) is 14.5. The highest BCUT2D eigenvalue weighted by molar-refractivity contribution is 7.99. The Bertz CT molecular complexity index is 827. The lowest BCUT2D eigenvalue weighted by Crippen LogP contribution is -2.43. The van der Waals surface area contributed by atoms with Crippen LogP contribution in [0.1, 0.15) is 11.1 Å². The van der Waals surface area contributed by atoms with Crippen molar-refractivity contribution >= 4 is 27.8 Å². The van der Waals surface area contributed by atoms with Gasteiger partial charge in [0.2, 0.25) is 0 Å². The van der Waals surface area contributed by atoms with Gasteiger partial charge in [0.05, 0.1) is 5.69 Å². The van der Waals surface area contributed by atoms with Crippen molar-refractivity contribution < 1.29 is 17.5 Å². The van der Waals surface area contributed by atoms with Crippen LogP contribution < -0.4 is 10.2 Å². The van der Waals surface area contributed by atoms with E-state index in [1.807, 2.05) is 11.8 Å². The number of piperazine rings is 1. The van der Waals surface area contributed by atoms with Gasteiger partial charge >= 0.3 is 10.4 Å². The van der Waals surface area contributed by atoms with Crippen molar-refractivity contribution in [1.29, 1.82) is 0 Å². The van der Waals surface area contributed by atoms with Gasteiger partial charge in [-0.1, -0.05) is 41.6 Å². The molecule has 0 aromatic heterocycles. The molecule has 0 spiro atoms. The van der Waals surface area contributed by atoms with Crippen molar-refractivity contribution in [3.8, 4) is 0 Å². The molecule has 0 radical (unpaired) electrons. The molecule has 142 valence electrons. The Morgan fingerprint density at radius 3 is 2.23 bits per heavy atom. The summed E-state index contributed by atoms with van der Waals surface area (Å²) in [7, 11) is -4.67. The van der Waals surface area contributed by atoms with Gasteiger partial charge in [-0.2, -0.15) is 8.42 Å². The molecule has 0 amide bonds. The minimum absolute atomic E-state index is 1.07. The lowest BCUT2D eigenvalue weighted by molar-refractivity contribution is 0.381. The zero-order valence-corrected chi connectivity index (χ0v) is 16.5. The second-order valence-corrected chi connectivity index (χ2v) is 8.00. The summed E-state index contributed by atoms with van der Waals surface area (Å²) < 4.78 is 31.6.